The number of rotatable bonds is 5. The molecule has 174 valence electrons. The van der Waals surface area contributed by atoms with E-state index in [0.717, 1.165) is 32.0 Å². The Morgan fingerprint density at radius 3 is 2.47 bits per heavy atom. The highest BCUT2D eigenvalue weighted by Gasteiger charge is 2.58. The van der Waals surface area contributed by atoms with Gasteiger partial charge in [-0.15, -0.1) is 13.2 Å². The van der Waals surface area contributed by atoms with E-state index in [1.807, 2.05) is 10.7 Å². The minimum Gasteiger partial charge on any atom is -0.402 e. The number of nitrogens with zero attached hydrogens (tertiary/aromatic N) is 4. The van der Waals surface area contributed by atoms with Gasteiger partial charge in [-0.3, -0.25) is 9.58 Å². The van der Waals surface area contributed by atoms with Gasteiger partial charge >= 0.3 is 6.36 Å². The first-order valence-electron chi connectivity index (χ1n) is 11.1. The molecule has 3 heterocycles. The number of morpholine rings is 1. The second kappa shape index (κ2) is 7.91. The van der Waals surface area contributed by atoms with E-state index in [1.54, 1.807) is 0 Å². The van der Waals surface area contributed by atoms with Crippen molar-refractivity contribution >= 4 is 5.82 Å². The maximum atomic E-state index is 12.7. The summed E-state index contributed by atoms with van der Waals surface area (Å²) in [5, 5.41) is 4.72. The molecule has 3 aliphatic rings. The van der Waals surface area contributed by atoms with Crippen LogP contribution in [0.1, 0.15) is 44.3 Å². The number of ether oxygens (including phenoxy) is 2. The van der Waals surface area contributed by atoms with Gasteiger partial charge in [0.25, 0.3) is 0 Å². The number of alkyl halides is 3. The standard InChI is InChI=1S/C22H28F3N5O2/c1-12(2)30-18(20-15-8-14(9-16(15)20)29-3-5-31-6-4-29)10-17(28-30)13-7-19(21(26)27-11-13)32-22(23,24)25/h7,10-12,14-16,20H,3-6,8-9H2,1-2H3,(H2,26,27)/t14-,15-,16+,20-. The Bertz CT molecular complexity index is 974. The molecule has 0 radical (unpaired) electrons. The molecule has 7 nitrogen and oxygen atoms in total. The smallest absolute Gasteiger partial charge is 0.402 e. The average molecular weight is 451 g/mol. The number of fused-ring (bicyclic) bond motifs is 1. The molecule has 2 aromatic heterocycles. The van der Waals surface area contributed by atoms with E-state index in [4.69, 9.17) is 15.6 Å². The number of aromatic nitrogens is 3. The lowest BCUT2D eigenvalue weighted by Gasteiger charge is -2.33. The first-order chi connectivity index (χ1) is 15.2. The van der Waals surface area contributed by atoms with Crippen molar-refractivity contribution < 1.29 is 22.6 Å². The maximum absolute atomic E-state index is 12.7. The van der Waals surface area contributed by atoms with E-state index in [0.29, 0.717) is 35.1 Å². The Labute approximate surface area is 184 Å². The van der Waals surface area contributed by atoms with Crippen LogP contribution in [-0.4, -0.2) is 58.4 Å². The summed E-state index contributed by atoms with van der Waals surface area (Å²) in [4.78, 5) is 6.45. The molecule has 1 saturated heterocycles. The van der Waals surface area contributed by atoms with Gasteiger partial charge in [-0.05, 0) is 50.7 Å². The molecule has 0 spiro atoms. The second-order valence-electron chi connectivity index (χ2n) is 9.27. The molecule has 2 saturated carbocycles. The van der Waals surface area contributed by atoms with E-state index in [2.05, 4.69) is 28.5 Å². The lowest BCUT2D eigenvalue weighted by atomic mass is 10.0. The molecule has 3 fully saturated rings. The second-order valence-corrected chi connectivity index (χ2v) is 9.27. The van der Waals surface area contributed by atoms with Crippen molar-refractivity contribution in [2.75, 3.05) is 32.0 Å². The molecule has 0 amide bonds. The number of hydrogen-bond donors (Lipinski definition) is 1. The Balaban J connectivity index is 1.36. The highest BCUT2D eigenvalue weighted by atomic mass is 19.4. The van der Waals surface area contributed by atoms with Crippen molar-refractivity contribution in [1.29, 1.82) is 0 Å². The molecule has 0 bridgehead atoms. The maximum Gasteiger partial charge on any atom is 0.573 e. The summed E-state index contributed by atoms with van der Waals surface area (Å²) < 4.78 is 49.6. The summed E-state index contributed by atoms with van der Waals surface area (Å²) in [6, 6.07) is 4.03. The molecule has 0 aromatic carbocycles. The molecule has 1 aliphatic heterocycles. The van der Waals surface area contributed by atoms with Crippen LogP contribution >= 0.6 is 0 Å². The molecular formula is C22H28F3N5O2. The average Bonchev–Trinajstić information content (AvgIpc) is 3.09. The lowest BCUT2D eigenvalue weighted by Crippen LogP contribution is -2.43. The van der Waals surface area contributed by atoms with Gasteiger partial charge in [0.1, 0.15) is 0 Å². The van der Waals surface area contributed by atoms with Crippen molar-refractivity contribution in [2.45, 2.75) is 51.1 Å². The number of halogens is 3. The number of nitrogens with two attached hydrogens (primary N) is 1. The van der Waals surface area contributed by atoms with Gasteiger partial charge in [0.15, 0.2) is 11.6 Å². The van der Waals surface area contributed by atoms with E-state index in [1.165, 1.54) is 25.1 Å². The molecule has 10 heteroatoms. The summed E-state index contributed by atoms with van der Waals surface area (Å²) >= 11 is 0. The fraction of sp³-hybridized carbons (Fsp3) is 0.636. The van der Waals surface area contributed by atoms with Crippen LogP contribution in [0, 0.1) is 11.8 Å². The predicted octanol–water partition coefficient (Wildman–Crippen LogP) is 3.83. The van der Waals surface area contributed by atoms with E-state index >= 15 is 0 Å². The van der Waals surface area contributed by atoms with Gasteiger partial charge in [0.05, 0.1) is 18.9 Å². The normalized spacial score (nSPS) is 28.2. The monoisotopic (exact) mass is 451 g/mol. The SMILES string of the molecule is CC(C)n1nc(-c2cnc(N)c(OC(F)(F)F)c2)cc1[C@@H]1[C@@H]2C[C@@H](N3CCOCC3)C[C@@H]21. The van der Waals surface area contributed by atoms with E-state index in [-0.39, 0.29) is 11.9 Å². The molecule has 2 aromatic rings. The highest BCUT2D eigenvalue weighted by molar-refractivity contribution is 5.64. The third-order valence-corrected chi connectivity index (χ3v) is 6.98. The Morgan fingerprint density at radius 1 is 1.16 bits per heavy atom. The Kier molecular flexibility index (Phi) is 5.32. The Hall–Kier alpha value is -2.33. The molecule has 2 N–H and O–H groups in total. The van der Waals surface area contributed by atoms with Crippen LogP contribution in [-0.2, 0) is 4.74 Å². The fourth-order valence-electron chi connectivity index (χ4n) is 5.51. The van der Waals surface area contributed by atoms with Crippen LogP contribution in [0.25, 0.3) is 11.3 Å². The predicted molar refractivity (Wildman–Crippen MR) is 112 cm³/mol. The Morgan fingerprint density at radius 2 is 1.84 bits per heavy atom. The van der Waals surface area contributed by atoms with Crippen LogP contribution in [0.3, 0.4) is 0 Å². The minimum atomic E-state index is -4.83. The molecule has 4 atom stereocenters. The van der Waals surface area contributed by atoms with Gasteiger partial charge in [-0.25, -0.2) is 4.98 Å². The van der Waals surface area contributed by atoms with Crippen molar-refractivity contribution in [3.05, 3.63) is 24.0 Å². The minimum absolute atomic E-state index is 0.141. The first-order valence-corrected chi connectivity index (χ1v) is 11.1. The van der Waals surface area contributed by atoms with Crippen LogP contribution in [0.5, 0.6) is 5.75 Å². The van der Waals surface area contributed by atoms with Gasteiger partial charge < -0.3 is 15.2 Å². The third kappa shape index (κ3) is 4.05. The fourth-order valence-corrected chi connectivity index (χ4v) is 5.51. The summed E-state index contributed by atoms with van der Waals surface area (Å²) in [5.74, 6) is 0.911. The van der Waals surface area contributed by atoms with Gasteiger partial charge in [-0.2, -0.15) is 5.10 Å². The summed E-state index contributed by atoms with van der Waals surface area (Å²) in [6.07, 6.45) is -1.03. The quantitative estimate of drug-likeness (QED) is 0.745. The van der Waals surface area contributed by atoms with Crippen molar-refractivity contribution in [3.63, 3.8) is 0 Å². The zero-order valence-electron chi connectivity index (χ0n) is 18.2. The van der Waals surface area contributed by atoms with E-state index in [9.17, 15) is 13.2 Å². The topological polar surface area (TPSA) is 78.4 Å². The lowest BCUT2D eigenvalue weighted by molar-refractivity contribution is -0.274. The molecule has 0 unspecified atom stereocenters. The largest absolute Gasteiger partial charge is 0.573 e. The highest BCUT2D eigenvalue weighted by Crippen LogP contribution is 2.64. The number of pyridine rings is 1. The van der Waals surface area contributed by atoms with Crippen molar-refractivity contribution in [3.8, 4) is 17.0 Å². The number of anilines is 1. The zero-order chi connectivity index (χ0) is 22.6. The molecule has 2 aliphatic carbocycles. The number of hydrogen-bond acceptors (Lipinski definition) is 6. The molecule has 32 heavy (non-hydrogen) atoms. The van der Waals surface area contributed by atoms with Crippen LogP contribution < -0.4 is 10.5 Å². The van der Waals surface area contributed by atoms with E-state index < -0.39 is 12.1 Å². The van der Waals surface area contributed by atoms with Gasteiger partial charge in [0, 0.05) is 48.5 Å². The third-order valence-electron chi connectivity index (χ3n) is 6.98. The van der Waals surface area contributed by atoms with Gasteiger partial charge in [-0.1, -0.05) is 0 Å². The van der Waals surface area contributed by atoms with Crippen LogP contribution in [0.2, 0.25) is 0 Å². The number of nitrogen functional groups attached to an aromatic ring is 1. The summed E-state index contributed by atoms with van der Waals surface area (Å²) in [6.45, 7) is 7.77. The van der Waals surface area contributed by atoms with Crippen LogP contribution in [0.15, 0.2) is 18.3 Å². The van der Waals surface area contributed by atoms with Crippen molar-refractivity contribution in [2.24, 2.45) is 11.8 Å². The zero-order valence-corrected chi connectivity index (χ0v) is 18.2. The van der Waals surface area contributed by atoms with Crippen molar-refractivity contribution in [1.82, 2.24) is 19.7 Å². The molecule has 5 rings (SSSR count). The van der Waals surface area contributed by atoms with Crippen LogP contribution in [0.4, 0.5) is 19.0 Å². The molecular weight excluding hydrogens is 423 g/mol. The van der Waals surface area contributed by atoms with Gasteiger partial charge in [0.2, 0.25) is 0 Å². The summed E-state index contributed by atoms with van der Waals surface area (Å²) in [5.41, 5.74) is 7.77. The summed E-state index contributed by atoms with van der Waals surface area (Å²) in [7, 11) is 0. The first kappa shape index (κ1) is 21.5.